The van der Waals surface area contributed by atoms with Crippen molar-refractivity contribution in [1.29, 1.82) is 0 Å². The van der Waals surface area contributed by atoms with E-state index < -0.39 is 0 Å². The van der Waals surface area contributed by atoms with Crippen molar-refractivity contribution in [2.45, 2.75) is 38.1 Å². The molecule has 0 saturated carbocycles. The largest absolute Gasteiger partial charge is 0.350 e. The van der Waals surface area contributed by atoms with Crippen LogP contribution in [0.1, 0.15) is 32.8 Å². The third-order valence-corrected chi connectivity index (χ3v) is 4.19. The average Bonchev–Trinajstić information content (AvgIpc) is 2.58. The molecule has 1 aliphatic heterocycles. The minimum atomic E-state index is -0.148. The van der Waals surface area contributed by atoms with Gasteiger partial charge in [0.15, 0.2) is 0 Å². The second-order valence-corrected chi connectivity index (χ2v) is 5.47. The molecule has 1 amide bonds. The molecule has 1 fully saturated rings. The highest BCUT2D eigenvalue weighted by atomic mass is 32.1. The highest BCUT2D eigenvalue weighted by molar-refractivity contribution is 7.08. The van der Waals surface area contributed by atoms with E-state index >= 15 is 0 Å². The number of carbonyl (C=O) groups excluding carboxylic acids is 1. The van der Waals surface area contributed by atoms with Crippen LogP contribution in [0.2, 0.25) is 0 Å². The molecule has 0 aliphatic carbocycles. The maximum Gasteiger partial charge on any atom is 0.221 e. The summed E-state index contributed by atoms with van der Waals surface area (Å²) < 4.78 is 0. The van der Waals surface area contributed by atoms with Gasteiger partial charge in [0.2, 0.25) is 5.91 Å². The topological polar surface area (TPSA) is 29.1 Å². The van der Waals surface area contributed by atoms with Gasteiger partial charge in [0.05, 0.1) is 0 Å². The van der Waals surface area contributed by atoms with Crippen molar-refractivity contribution in [3.8, 4) is 0 Å². The Kier molecular flexibility index (Phi) is 1.96. The molecule has 76 valence electrons. The van der Waals surface area contributed by atoms with Crippen molar-refractivity contribution in [3.05, 3.63) is 22.4 Å². The van der Waals surface area contributed by atoms with E-state index in [0.717, 1.165) is 0 Å². The summed E-state index contributed by atoms with van der Waals surface area (Å²) in [7, 11) is 0. The minimum absolute atomic E-state index is 0.0654. The molecular formula is C11H15NOS. The van der Waals surface area contributed by atoms with E-state index in [2.05, 4.69) is 42.9 Å². The van der Waals surface area contributed by atoms with Gasteiger partial charge in [0.25, 0.3) is 0 Å². The van der Waals surface area contributed by atoms with Crippen molar-refractivity contribution in [3.63, 3.8) is 0 Å². The van der Waals surface area contributed by atoms with Crippen LogP contribution in [0, 0.1) is 0 Å². The smallest absolute Gasteiger partial charge is 0.221 e. The summed E-state index contributed by atoms with van der Waals surface area (Å²) in [6.07, 6.45) is 0.594. The quantitative estimate of drug-likeness (QED) is 0.755. The van der Waals surface area contributed by atoms with Crippen LogP contribution in [0.15, 0.2) is 16.8 Å². The van der Waals surface area contributed by atoms with Gasteiger partial charge in [0.1, 0.15) is 0 Å². The van der Waals surface area contributed by atoms with E-state index in [1.54, 1.807) is 11.3 Å². The summed E-state index contributed by atoms with van der Waals surface area (Å²) in [6, 6.07) is 2.12. The highest BCUT2D eigenvalue weighted by Crippen LogP contribution is 2.43. The predicted octanol–water partition coefficient (Wildman–Crippen LogP) is 2.30. The van der Waals surface area contributed by atoms with Crippen molar-refractivity contribution >= 4 is 17.2 Å². The van der Waals surface area contributed by atoms with Gasteiger partial charge >= 0.3 is 0 Å². The Labute approximate surface area is 88.3 Å². The fourth-order valence-corrected chi connectivity index (χ4v) is 2.90. The Morgan fingerprint density at radius 3 is 2.57 bits per heavy atom. The van der Waals surface area contributed by atoms with Gasteiger partial charge < -0.3 is 5.32 Å². The van der Waals surface area contributed by atoms with Crippen LogP contribution in [0.25, 0.3) is 0 Å². The first kappa shape index (κ1) is 9.71. The Morgan fingerprint density at radius 2 is 2.14 bits per heavy atom. The summed E-state index contributed by atoms with van der Waals surface area (Å²) in [6.45, 7) is 6.35. The normalized spacial score (nSPS) is 30.4. The lowest BCUT2D eigenvalue weighted by atomic mass is 9.70. The summed E-state index contributed by atoms with van der Waals surface area (Å²) >= 11 is 1.69. The summed E-state index contributed by atoms with van der Waals surface area (Å²) in [4.78, 5) is 11.5. The molecule has 1 aromatic heterocycles. The summed E-state index contributed by atoms with van der Waals surface area (Å²) in [5, 5.41) is 7.25. The van der Waals surface area contributed by atoms with Gasteiger partial charge in [-0.1, -0.05) is 6.92 Å². The molecule has 3 heteroatoms. The van der Waals surface area contributed by atoms with E-state index in [4.69, 9.17) is 0 Å². The molecule has 1 N–H and O–H groups in total. The Hall–Kier alpha value is -0.830. The molecule has 1 saturated heterocycles. The predicted molar refractivity (Wildman–Crippen MR) is 58.5 cm³/mol. The number of hydrogen-bond acceptors (Lipinski definition) is 2. The molecule has 0 aromatic carbocycles. The Morgan fingerprint density at radius 1 is 1.43 bits per heavy atom. The number of amides is 1. The van der Waals surface area contributed by atoms with E-state index in [-0.39, 0.29) is 16.9 Å². The lowest BCUT2D eigenvalue weighted by molar-refractivity contribution is -0.119. The van der Waals surface area contributed by atoms with Gasteiger partial charge in [-0.3, -0.25) is 4.79 Å². The van der Waals surface area contributed by atoms with Crippen LogP contribution in [0.5, 0.6) is 0 Å². The Bertz CT molecular complexity index is 355. The second-order valence-electron chi connectivity index (χ2n) is 4.69. The molecule has 2 rings (SSSR count). The molecule has 0 radical (unpaired) electrons. The zero-order chi connectivity index (χ0) is 10.4. The van der Waals surface area contributed by atoms with Gasteiger partial charge in [-0.2, -0.15) is 11.3 Å². The van der Waals surface area contributed by atoms with Crippen LogP contribution in [-0.4, -0.2) is 11.4 Å². The molecule has 1 aliphatic rings. The maximum atomic E-state index is 11.5. The SMILES string of the molecule is CC1(C)NC(=O)CC1(C)c1ccsc1. The zero-order valence-corrected chi connectivity index (χ0v) is 9.57. The first-order valence-corrected chi connectivity index (χ1v) is 5.74. The number of carbonyl (C=O) groups is 1. The van der Waals surface area contributed by atoms with Gasteiger partial charge in [-0.15, -0.1) is 0 Å². The molecule has 14 heavy (non-hydrogen) atoms. The van der Waals surface area contributed by atoms with Crippen molar-refractivity contribution < 1.29 is 4.79 Å². The lowest BCUT2D eigenvalue weighted by Gasteiger charge is -2.36. The molecular weight excluding hydrogens is 194 g/mol. The zero-order valence-electron chi connectivity index (χ0n) is 8.76. The molecule has 1 unspecified atom stereocenters. The van der Waals surface area contributed by atoms with E-state index in [1.165, 1.54) is 5.56 Å². The minimum Gasteiger partial charge on any atom is -0.350 e. The molecule has 0 bridgehead atoms. The van der Waals surface area contributed by atoms with Crippen molar-refractivity contribution in [2.24, 2.45) is 0 Å². The van der Waals surface area contributed by atoms with Crippen molar-refractivity contribution in [2.75, 3.05) is 0 Å². The fraction of sp³-hybridized carbons (Fsp3) is 0.545. The highest BCUT2D eigenvalue weighted by Gasteiger charge is 2.50. The van der Waals surface area contributed by atoms with E-state index in [0.29, 0.717) is 6.42 Å². The second kappa shape index (κ2) is 2.83. The Balaban J connectivity index is 2.45. The standard InChI is InChI=1S/C11H15NOS/c1-10(2)11(3,6-9(13)12-10)8-4-5-14-7-8/h4-5,7H,6H2,1-3H3,(H,12,13). The maximum absolute atomic E-state index is 11.5. The van der Waals surface area contributed by atoms with Gasteiger partial charge in [-0.05, 0) is 36.2 Å². The molecule has 1 atom stereocenters. The molecule has 2 nitrogen and oxygen atoms in total. The molecule has 1 aromatic rings. The van der Waals surface area contributed by atoms with E-state index in [1.807, 2.05) is 0 Å². The van der Waals surface area contributed by atoms with Crippen LogP contribution in [-0.2, 0) is 10.2 Å². The summed E-state index contributed by atoms with van der Waals surface area (Å²) in [5.74, 6) is 0.156. The third-order valence-electron chi connectivity index (χ3n) is 3.50. The first-order valence-electron chi connectivity index (χ1n) is 4.79. The summed E-state index contributed by atoms with van der Waals surface area (Å²) in [5.41, 5.74) is 1.06. The van der Waals surface area contributed by atoms with E-state index in [9.17, 15) is 4.79 Å². The van der Waals surface area contributed by atoms with Gasteiger partial charge in [0, 0.05) is 17.4 Å². The number of thiophene rings is 1. The molecule has 0 spiro atoms. The van der Waals surface area contributed by atoms with Crippen LogP contribution in [0.3, 0.4) is 0 Å². The average molecular weight is 209 g/mol. The van der Waals surface area contributed by atoms with Crippen LogP contribution < -0.4 is 5.32 Å². The van der Waals surface area contributed by atoms with Crippen LogP contribution >= 0.6 is 11.3 Å². The lowest BCUT2D eigenvalue weighted by Crippen LogP contribution is -2.47. The molecule has 2 heterocycles. The third kappa shape index (κ3) is 1.19. The fourth-order valence-electron chi connectivity index (χ4n) is 2.11. The first-order chi connectivity index (χ1) is 6.46. The number of nitrogens with one attached hydrogen (secondary N) is 1. The monoisotopic (exact) mass is 209 g/mol. The number of rotatable bonds is 1. The number of hydrogen-bond donors (Lipinski definition) is 1. The van der Waals surface area contributed by atoms with Gasteiger partial charge in [-0.25, -0.2) is 0 Å². The van der Waals surface area contributed by atoms with Crippen molar-refractivity contribution in [1.82, 2.24) is 5.32 Å². The van der Waals surface area contributed by atoms with Crippen LogP contribution in [0.4, 0.5) is 0 Å².